The van der Waals surface area contributed by atoms with Crippen molar-refractivity contribution in [1.29, 1.82) is 5.26 Å². The molecule has 4 heteroatoms. The molecule has 110 valence electrons. The monoisotopic (exact) mass is 267 g/mol. The van der Waals surface area contributed by atoms with Crippen LogP contribution in [0.25, 0.3) is 0 Å². The van der Waals surface area contributed by atoms with E-state index in [0.717, 1.165) is 45.5 Å². The van der Waals surface area contributed by atoms with E-state index in [1.54, 1.807) is 0 Å². The molecule has 0 aliphatic carbocycles. The number of nitrogens with one attached hydrogen (secondary N) is 1. The van der Waals surface area contributed by atoms with E-state index < -0.39 is 5.54 Å². The van der Waals surface area contributed by atoms with Gasteiger partial charge >= 0.3 is 0 Å². The number of nitrogens with zero attached hydrogens (tertiary/aromatic N) is 2. The molecule has 1 heterocycles. The van der Waals surface area contributed by atoms with Crippen molar-refractivity contribution < 1.29 is 4.74 Å². The summed E-state index contributed by atoms with van der Waals surface area (Å²) < 4.78 is 5.71. The molecule has 0 amide bonds. The van der Waals surface area contributed by atoms with E-state index in [4.69, 9.17) is 4.74 Å². The summed E-state index contributed by atoms with van der Waals surface area (Å²) >= 11 is 0. The van der Waals surface area contributed by atoms with Gasteiger partial charge in [-0.15, -0.1) is 0 Å². The Morgan fingerprint density at radius 1 is 1.53 bits per heavy atom. The van der Waals surface area contributed by atoms with Gasteiger partial charge in [0.1, 0.15) is 5.54 Å². The first-order valence-electron chi connectivity index (χ1n) is 7.56. The largest absolute Gasteiger partial charge is 0.376 e. The summed E-state index contributed by atoms with van der Waals surface area (Å²) in [6.45, 7) is 12.2. The standard InChI is InChI=1S/C15H29N3O/c1-5-7-17-15(4,12-16)10-13(3)18-8-9-19-14(6-2)11-18/h13-14,17H,5-11H2,1-4H3. The molecule has 0 spiro atoms. The van der Waals surface area contributed by atoms with Gasteiger partial charge in [0.05, 0.1) is 18.8 Å². The summed E-state index contributed by atoms with van der Waals surface area (Å²) in [5, 5.41) is 12.8. The van der Waals surface area contributed by atoms with Crippen molar-refractivity contribution in [2.45, 2.75) is 64.6 Å². The zero-order chi connectivity index (χ0) is 14.3. The molecule has 1 fully saturated rings. The van der Waals surface area contributed by atoms with Gasteiger partial charge in [0.15, 0.2) is 0 Å². The summed E-state index contributed by atoms with van der Waals surface area (Å²) in [5.41, 5.74) is -0.421. The molecule has 0 aromatic rings. The minimum atomic E-state index is -0.421. The number of hydrogen-bond acceptors (Lipinski definition) is 4. The van der Waals surface area contributed by atoms with Crippen LogP contribution in [0, 0.1) is 11.3 Å². The highest BCUT2D eigenvalue weighted by atomic mass is 16.5. The first-order valence-corrected chi connectivity index (χ1v) is 7.56. The normalized spacial score (nSPS) is 25.5. The van der Waals surface area contributed by atoms with E-state index in [2.05, 4.69) is 37.1 Å². The first-order chi connectivity index (χ1) is 9.04. The van der Waals surface area contributed by atoms with E-state index in [1.165, 1.54) is 0 Å². The van der Waals surface area contributed by atoms with Crippen molar-refractivity contribution in [3.63, 3.8) is 0 Å². The van der Waals surface area contributed by atoms with E-state index in [1.807, 2.05) is 6.92 Å². The van der Waals surface area contributed by atoms with Crippen LogP contribution >= 0.6 is 0 Å². The van der Waals surface area contributed by atoms with Crippen molar-refractivity contribution >= 4 is 0 Å². The van der Waals surface area contributed by atoms with Gasteiger partial charge in [0.25, 0.3) is 0 Å². The van der Waals surface area contributed by atoms with Crippen LogP contribution in [-0.2, 0) is 4.74 Å². The predicted octanol–water partition coefficient (Wildman–Crippen LogP) is 2.16. The van der Waals surface area contributed by atoms with E-state index >= 15 is 0 Å². The summed E-state index contributed by atoms with van der Waals surface area (Å²) in [6.07, 6.45) is 3.33. The van der Waals surface area contributed by atoms with E-state index in [-0.39, 0.29) is 0 Å². The molecule has 1 saturated heterocycles. The first kappa shape index (κ1) is 16.4. The molecule has 0 radical (unpaired) electrons. The summed E-state index contributed by atoms with van der Waals surface area (Å²) in [7, 11) is 0. The van der Waals surface area contributed by atoms with Gasteiger partial charge < -0.3 is 4.74 Å². The second-order valence-corrected chi connectivity index (χ2v) is 5.82. The van der Waals surface area contributed by atoms with Crippen molar-refractivity contribution in [2.75, 3.05) is 26.2 Å². The number of rotatable bonds is 7. The second kappa shape index (κ2) is 7.84. The lowest BCUT2D eigenvalue weighted by Crippen LogP contribution is -2.51. The molecule has 1 aliphatic rings. The predicted molar refractivity (Wildman–Crippen MR) is 78.0 cm³/mol. The van der Waals surface area contributed by atoms with E-state index in [0.29, 0.717) is 12.1 Å². The number of hydrogen-bond donors (Lipinski definition) is 1. The Bertz CT molecular complexity index is 302. The van der Waals surface area contributed by atoms with Crippen LogP contribution in [0.2, 0.25) is 0 Å². The van der Waals surface area contributed by atoms with E-state index in [9.17, 15) is 5.26 Å². The molecular formula is C15H29N3O. The third kappa shape index (κ3) is 5.10. The lowest BCUT2D eigenvalue weighted by molar-refractivity contribution is -0.0448. The average Bonchev–Trinajstić information content (AvgIpc) is 2.45. The Morgan fingerprint density at radius 2 is 2.26 bits per heavy atom. The summed E-state index contributed by atoms with van der Waals surface area (Å²) in [4.78, 5) is 2.46. The molecule has 3 atom stereocenters. The Balaban J connectivity index is 2.52. The Labute approximate surface area is 118 Å². The SMILES string of the molecule is CCCNC(C)(C#N)CC(C)N1CCOC(CC)C1. The van der Waals surface area contributed by atoms with Gasteiger partial charge in [-0.2, -0.15) is 5.26 Å². The quantitative estimate of drug-likeness (QED) is 0.768. The van der Waals surface area contributed by atoms with Gasteiger partial charge in [0.2, 0.25) is 0 Å². The molecule has 1 rings (SSSR count). The maximum Gasteiger partial charge on any atom is 0.105 e. The van der Waals surface area contributed by atoms with Crippen LogP contribution < -0.4 is 5.32 Å². The number of ether oxygens (including phenoxy) is 1. The van der Waals surface area contributed by atoms with Crippen LogP contribution in [0.5, 0.6) is 0 Å². The highest BCUT2D eigenvalue weighted by Crippen LogP contribution is 2.19. The second-order valence-electron chi connectivity index (χ2n) is 5.82. The van der Waals surface area contributed by atoms with Gasteiger partial charge in [-0.3, -0.25) is 10.2 Å². The molecule has 0 bridgehead atoms. The molecule has 19 heavy (non-hydrogen) atoms. The highest BCUT2D eigenvalue weighted by Gasteiger charge is 2.30. The maximum atomic E-state index is 9.40. The zero-order valence-corrected chi connectivity index (χ0v) is 12.9. The fourth-order valence-electron chi connectivity index (χ4n) is 2.67. The van der Waals surface area contributed by atoms with Crippen LogP contribution in [0.15, 0.2) is 0 Å². The molecular weight excluding hydrogens is 238 g/mol. The molecule has 1 N–H and O–H groups in total. The van der Waals surface area contributed by atoms with Crippen LogP contribution in [0.1, 0.15) is 47.0 Å². The minimum absolute atomic E-state index is 0.355. The van der Waals surface area contributed by atoms with Crippen molar-refractivity contribution in [2.24, 2.45) is 0 Å². The molecule has 0 aromatic heterocycles. The fourth-order valence-corrected chi connectivity index (χ4v) is 2.67. The van der Waals surface area contributed by atoms with Crippen molar-refractivity contribution in [3.8, 4) is 6.07 Å². The van der Waals surface area contributed by atoms with Gasteiger partial charge in [-0.05, 0) is 39.7 Å². The summed E-state index contributed by atoms with van der Waals surface area (Å²) in [5.74, 6) is 0. The molecule has 4 nitrogen and oxygen atoms in total. The smallest absolute Gasteiger partial charge is 0.105 e. The average molecular weight is 267 g/mol. The lowest BCUT2D eigenvalue weighted by Gasteiger charge is -2.39. The van der Waals surface area contributed by atoms with Crippen LogP contribution in [0.3, 0.4) is 0 Å². The highest BCUT2D eigenvalue weighted by molar-refractivity contribution is 5.05. The minimum Gasteiger partial charge on any atom is -0.376 e. The Hall–Kier alpha value is -0.630. The third-order valence-electron chi connectivity index (χ3n) is 3.96. The topological polar surface area (TPSA) is 48.3 Å². The van der Waals surface area contributed by atoms with Gasteiger partial charge in [0, 0.05) is 19.1 Å². The zero-order valence-electron chi connectivity index (χ0n) is 12.9. The Kier molecular flexibility index (Phi) is 6.78. The molecule has 3 unspecified atom stereocenters. The van der Waals surface area contributed by atoms with Gasteiger partial charge in [-0.25, -0.2) is 0 Å². The van der Waals surface area contributed by atoms with Crippen molar-refractivity contribution in [3.05, 3.63) is 0 Å². The third-order valence-corrected chi connectivity index (χ3v) is 3.96. The van der Waals surface area contributed by atoms with Gasteiger partial charge in [-0.1, -0.05) is 13.8 Å². The Morgan fingerprint density at radius 3 is 2.84 bits per heavy atom. The summed E-state index contributed by atoms with van der Waals surface area (Å²) in [6, 6.07) is 2.85. The molecule has 0 saturated carbocycles. The van der Waals surface area contributed by atoms with Crippen LogP contribution in [0.4, 0.5) is 0 Å². The molecule has 0 aromatic carbocycles. The van der Waals surface area contributed by atoms with Crippen LogP contribution in [-0.4, -0.2) is 48.8 Å². The number of nitriles is 1. The fraction of sp³-hybridized carbons (Fsp3) is 0.933. The number of morpholine rings is 1. The van der Waals surface area contributed by atoms with Crippen molar-refractivity contribution in [1.82, 2.24) is 10.2 Å². The maximum absolute atomic E-state index is 9.40. The molecule has 1 aliphatic heterocycles. The lowest BCUT2D eigenvalue weighted by atomic mass is 9.93.